The molecule has 0 aromatic heterocycles. The fourth-order valence-electron chi connectivity index (χ4n) is 2.90. The predicted octanol–water partition coefficient (Wildman–Crippen LogP) is 3.10. The van der Waals surface area contributed by atoms with Crippen molar-refractivity contribution in [3.8, 4) is 0 Å². The average Bonchev–Trinajstić information content (AvgIpc) is 2.26. The number of rotatable bonds is 5. The molecule has 1 aliphatic rings. The summed E-state index contributed by atoms with van der Waals surface area (Å²) in [5, 5.41) is 6.37. The Balaban J connectivity index is 2.19. The summed E-state index contributed by atoms with van der Waals surface area (Å²) in [6.45, 7) is 11.3. The van der Waals surface area contributed by atoms with Gasteiger partial charge in [-0.15, -0.1) is 0 Å². The zero-order valence-corrected chi connectivity index (χ0v) is 13.4. The molecule has 1 amide bonds. The van der Waals surface area contributed by atoms with Gasteiger partial charge in [0.15, 0.2) is 0 Å². The summed E-state index contributed by atoms with van der Waals surface area (Å²) in [6, 6.07) is -0.0970. The molecule has 3 atom stereocenters. The zero-order valence-electron chi connectivity index (χ0n) is 13.4. The standard InChI is InChI=1S/C16H32N2O/c1-12-7-6-8-14(11-12)9-10-17-13(2)15(19)18-16(3,4)5/h12-14,17H,6-11H2,1-5H3,(H,18,19). The Bertz CT molecular complexity index is 283. The van der Waals surface area contributed by atoms with Gasteiger partial charge in [-0.05, 0) is 58.9 Å². The molecule has 2 N–H and O–H groups in total. The molecule has 1 rings (SSSR count). The Morgan fingerprint density at radius 3 is 2.58 bits per heavy atom. The molecule has 0 radical (unpaired) electrons. The van der Waals surface area contributed by atoms with E-state index in [9.17, 15) is 4.79 Å². The van der Waals surface area contributed by atoms with E-state index >= 15 is 0 Å². The molecule has 0 spiro atoms. The van der Waals surface area contributed by atoms with Crippen LogP contribution in [0, 0.1) is 11.8 Å². The van der Waals surface area contributed by atoms with E-state index in [0.29, 0.717) is 0 Å². The molecule has 0 heterocycles. The topological polar surface area (TPSA) is 41.1 Å². The molecule has 1 saturated carbocycles. The van der Waals surface area contributed by atoms with Gasteiger partial charge < -0.3 is 10.6 Å². The van der Waals surface area contributed by atoms with E-state index in [2.05, 4.69) is 17.6 Å². The van der Waals surface area contributed by atoms with Crippen LogP contribution >= 0.6 is 0 Å². The van der Waals surface area contributed by atoms with Gasteiger partial charge in [-0.3, -0.25) is 4.79 Å². The van der Waals surface area contributed by atoms with Crippen LogP contribution in [0.5, 0.6) is 0 Å². The summed E-state index contributed by atoms with van der Waals surface area (Å²) in [5.74, 6) is 1.85. The third kappa shape index (κ3) is 6.95. The second-order valence-corrected chi connectivity index (χ2v) is 7.34. The molecule has 3 heteroatoms. The monoisotopic (exact) mass is 268 g/mol. The van der Waals surface area contributed by atoms with E-state index in [1.807, 2.05) is 27.7 Å². The normalized spacial score (nSPS) is 25.9. The van der Waals surface area contributed by atoms with Crippen LogP contribution in [0.4, 0.5) is 0 Å². The maximum atomic E-state index is 11.9. The third-order valence-corrected chi connectivity index (χ3v) is 3.94. The van der Waals surface area contributed by atoms with E-state index in [4.69, 9.17) is 0 Å². The van der Waals surface area contributed by atoms with Crippen molar-refractivity contribution >= 4 is 5.91 Å². The SMILES string of the molecule is CC1CCCC(CCNC(C)C(=O)NC(C)(C)C)C1. The summed E-state index contributed by atoms with van der Waals surface area (Å²) in [7, 11) is 0. The minimum Gasteiger partial charge on any atom is -0.350 e. The van der Waals surface area contributed by atoms with Crippen molar-refractivity contribution in [1.82, 2.24) is 10.6 Å². The second-order valence-electron chi connectivity index (χ2n) is 7.34. The first-order valence-electron chi connectivity index (χ1n) is 7.83. The van der Waals surface area contributed by atoms with Gasteiger partial charge in [0.05, 0.1) is 6.04 Å². The molecule has 1 fully saturated rings. The van der Waals surface area contributed by atoms with E-state index in [-0.39, 0.29) is 17.5 Å². The van der Waals surface area contributed by atoms with Crippen LogP contribution in [-0.2, 0) is 4.79 Å². The fraction of sp³-hybridized carbons (Fsp3) is 0.938. The van der Waals surface area contributed by atoms with Gasteiger partial charge >= 0.3 is 0 Å². The van der Waals surface area contributed by atoms with Crippen molar-refractivity contribution in [2.24, 2.45) is 11.8 Å². The number of carbonyl (C=O) groups is 1. The lowest BCUT2D eigenvalue weighted by atomic mass is 9.81. The summed E-state index contributed by atoms with van der Waals surface area (Å²) in [6.07, 6.45) is 6.72. The van der Waals surface area contributed by atoms with Crippen LogP contribution in [0.2, 0.25) is 0 Å². The van der Waals surface area contributed by atoms with Crippen molar-refractivity contribution in [3.63, 3.8) is 0 Å². The number of amides is 1. The second kappa shape index (κ2) is 7.28. The van der Waals surface area contributed by atoms with E-state index < -0.39 is 0 Å². The van der Waals surface area contributed by atoms with Gasteiger partial charge in [0.2, 0.25) is 5.91 Å². The molecule has 0 bridgehead atoms. The Kier molecular flexibility index (Phi) is 6.31. The molecule has 3 nitrogen and oxygen atoms in total. The molecule has 3 unspecified atom stereocenters. The maximum Gasteiger partial charge on any atom is 0.237 e. The molecule has 1 aliphatic carbocycles. The molecule has 0 aromatic rings. The van der Waals surface area contributed by atoms with Gasteiger partial charge in [0, 0.05) is 5.54 Å². The Hall–Kier alpha value is -0.570. The highest BCUT2D eigenvalue weighted by atomic mass is 16.2. The molecular formula is C16H32N2O. The molecule has 0 saturated heterocycles. The smallest absolute Gasteiger partial charge is 0.237 e. The lowest BCUT2D eigenvalue weighted by Crippen LogP contribution is -2.49. The predicted molar refractivity (Wildman–Crippen MR) is 81.1 cm³/mol. The number of hydrogen-bond acceptors (Lipinski definition) is 2. The van der Waals surface area contributed by atoms with E-state index in [0.717, 1.165) is 18.4 Å². The van der Waals surface area contributed by atoms with Crippen LogP contribution in [0.25, 0.3) is 0 Å². The van der Waals surface area contributed by atoms with Gasteiger partial charge in [0.25, 0.3) is 0 Å². The highest BCUT2D eigenvalue weighted by Gasteiger charge is 2.21. The first-order valence-corrected chi connectivity index (χ1v) is 7.83. The lowest BCUT2D eigenvalue weighted by Gasteiger charge is -2.27. The first-order chi connectivity index (χ1) is 8.78. The molecule has 0 aromatic carbocycles. The van der Waals surface area contributed by atoms with Crippen LogP contribution in [0.15, 0.2) is 0 Å². The van der Waals surface area contributed by atoms with Gasteiger partial charge in [-0.2, -0.15) is 0 Å². The van der Waals surface area contributed by atoms with Crippen molar-refractivity contribution in [1.29, 1.82) is 0 Å². The minimum atomic E-state index is -0.147. The van der Waals surface area contributed by atoms with Crippen molar-refractivity contribution in [2.75, 3.05) is 6.54 Å². The highest BCUT2D eigenvalue weighted by Crippen LogP contribution is 2.30. The van der Waals surface area contributed by atoms with E-state index in [1.54, 1.807) is 0 Å². The Labute approximate surface area is 118 Å². The molecule has 112 valence electrons. The van der Waals surface area contributed by atoms with Crippen LogP contribution in [0.3, 0.4) is 0 Å². The summed E-state index contributed by atoms with van der Waals surface area (Å²) >= 11 is 0. The van der Waals surface area contributed by atoms with Crippen LogP contribution in [-0.4, -0.2) is 24.0 Å². The van der Waals surface area contributed by atoms with Crippen molar-refractivity contribution in [2.45, 2.75) is 78.3 Å². The summed E-state index contributed by atoms with van der Waals surface area (Å²) in [5.41, 5.74) is -0.147. The number of carbonyl (C=O) groups excluding carboxylic acids is 1. The van der Waals surface area contributed by atoms with Crippen molar-refractivity contribution < 1.29 is 4.79 Å². The third-order valence-electron chi connectivity index (χ3n) is 3.94. The van der Waals surface area contributed by atoms with Crippen LogP contribution < -0.4 is 10.6 Å². The quantitative estimate of drug-likeness (QED) is 0.804. The highest BCUT2D eigenvalue weighted by molar-refractivity contribution is 5.81. The summed E-state index contributed by atoms with van der Waals surface area (Å²) in [4.78, 5) is 11.9. The van der Waals surface area contributed by atoms with Crippen molar-refractivity contribution in [3.05, 3.63) is 0 Å². The maximum absolute atomic E-state index is 11.9. The Morgan fingerprint density at radius 2 is 2.00 bits per heavy atom. The number of hydrogen-bond donors (Lipinski definition) is 2. The Morgan fingerprint density at radius 1 is 1.32 bits per heavy atom. The van der Waals surface area contributed by atoms with Gasteiger partial charge in [-0.1, -0.05) is 26.2 Å². The largest absolute Gasteiger partial charge is 0.350 e. The first kappa shape index (κ1) is 16.5. The zero-order chi connectivity index (χ0) is 14.5. The van der Waals surface area contributed by atoms with Gasteiger partial charge in [0.1, 0.15) is 0 Å². The fourth-order valence-corrected chi connectivity index (χ4v) is 2.90. The summed E-state index contributed by atoms with van der Waals surface area (Å²) < 4.78 is 0. The molecular weight excluding hydrogens is 236 g/mol. The van der Waals surface area contributed by atoms with E-state index in [1.165, 1.54) is 32.1 Å². The lowest BCUT2D eigenvalue weighted by molar-refractivity contribution is -0.124. The average molecular weight is 268 g/mol. The molecule has 19 heavy (non-hydrogen) atoms. The minimum absolute atomic E-state index is 0.0970. The van der Waals surface area contributed by atoms with Crippen LogP contribution in [0.1, 0.15) is 66.7 Å². The molecule has 0 aliphatic heterocycles. The van der Waals surface area contributed by atoms with Gasteiger partial charge in [-0.25, -0.2) is 0 Å². The number of nitrogens with one attached hydrogen (secondary N) is 2.